The van der Waals surface area contributed by atoms with E-state index < -0.39 is 12.1 Å². The van der Waals surface area contributed by atoms with Crippen molar-refractivity contribution in [2.75, 3.05) is 13.2 Å². The Kier molecular flexibility index (Phi) is 9.55. The molecule has 0 spiro atoms. The summed E-state index contributed by atoms with van der Waals surface area (Å²) in [7, 11) is 0. The minimum atomic E-state index is -0.516. The highest BCUT2D eigenvalue weighted by molar-refractivity contribution is 5.94. The molecule has 0 saturated heterocycles. The largest absolute Gasteiger partial charge is 0.491 e. The third-order valence-electron chi connectivity index (χ3n) is 3.76. The van der Waals surface area contributed by atoms with E-state index in [9.17, 15) is 9.59 Å². The van der Waals surface area contributed by atoms with Gasteiger partial charge in [0.15, 0.2) is 5.78 Å². The highest BCUT2D eigenvalue weighted by atomic mass is 16.5. The van der Waals surface area contributed by atoms with Crippen LogP contribution in [0.2, 0.25) is 0 Å². The summed E-state index contributed by atoms with van der Waals surface area (Å²) in [5.74, 6) is 0.199. The molecule has 1 atom stereocenters. The second-order valence-electron chi connectivity index (χ2n) is 5.91. The molecule has 0 unspecified atom stereocenters. The highest BCUT2D eigenvalue weighted by Crippen LogP contribution is 2.27. The van der Waals surface area contributed by atoms with E-state index in [2.05, 4.69) is 13.5 Å². The number of unbranched alkanes of at least 4 members (excludes halogenated alkanes) is 1. The lowest BCUT2D eigenvalue weighted by Gasteiger charge is -2.18. The van der Waals surface area contributed by atoms with Crippen molar-refractivity contribution in [1.29, 1.82) is 0 Å². The van der Waals surface area contributed by atoms with Crippen LogP contribution in [0.4, 0.5) is 0 Å². The molecule has 5 heteroatoms. The zero-order valence-electron chi connectivity index (χ0n) is 15.1. The van der Waals surface area contributed by atoms with E-state index in [0.29, 0.717) is 24.2 Å². The molecule has 1 aromatic carbocycles. The van der Waals surface area contributed by atoms with Gasteiger partial charge in [-0.3, -0.25) is 9.59 Å². The molecule has 0 bridgehead atoms. The molecule has 0 aliphatic heterocycles. The lowest BCUT2D eigenvalue weighted by Crippen LogP contribution is -2.12. The maximum Gasteiger partial charge on any atom is 0.303 e. The Labute approximate surface area is 149 Å². The number of ether oxygens (including phenoxy) is 2. The molecule has 25 heavy (non-hydrogen) atoms. The van der Waals surface area contributed by atoms with Crippen LogP contribution in [-0.4, -0.2) is 30.1 Å². The minimum Gasteiger partial charge on any atom is -0.491 e. The zero-order valence-corrected chi connectivity index (χ0v) is 15.1. The molecule has 138 valence electrons. The first-order valence-electron chi connectivity index (χ1n) is 8.69. The fourth-order valence-electron chi connectivity index (χ4n) is 2.43. The SMILES string of the molecule is C=C(CCCC)C(=O)CC[C@@H](OC(C)=O)c1cccc(OCCO)c1. The fraction of sp³-hybridized carbons (Fsp3) is 0.500. The molecule has 0 saturated carbocycles. The number of rotatable bonds is 12. The van der Waals surface area contributed by atoms with Crippen LogP contribution in [0.1, 0.15) is 57.6 Å². The average molecular weight is 348 g/mol. The number of ketones is 1. The van der Waals surface area contributed by atoms with Crippen molar-refractivity contribution < 1.29 is 24.2 Å². The van der Waals surface area contributed by atoms with E-state index >= 15 is 0 Å². The van der Waals surface area contributed by atoms with Gasteiger partial charge in [0.2, 0.25) is 0 Å². The van der Waals surface area contributed by atoms with Crippen LogP contribution in [0.15, 0.2) is 36.4 Å². The second-order valence-corrected chi connectivity index (χ2v) is 5.91. The summed E-state index contributed by atoms with van der Waals surface area (Å²) in [5.41, 5.74) is 1.39. The molecule has 0 fully saturated rings. The van der Waals surface area contributed by atoms with Gasteiger partial charge in [0.25, 0.3) is 0 Å². The van der Waals surface area contributed by atoms with Crippen LogP contribution in [0.5, 0.6) is 5.75 Å². The third-order valence-corrected chi connectivity index (χ3v) is 3.76. The highest BCUT2D eigenvalue weighted by Gasteiger charge is 2.18. The third kappa shape index (κ3) is 7.98. The van der Waals surface area contributed by atoms with Crippen LogP contribution in [0.3, 0.4) is 0 Å². The van der Waals surface area contributed by atoms with Gasteiger partial charge in [0, 0.05) is 13.3 Å². The number of Topliss-reactive ketones (excluding diaryl/α,β-unsaturated/α-hetero) is 1. The van der Waals surface area contributed by atoms with Gasteiger partial charge in [0.1, 0.15) is 18.5 Å². The van der Waals surface area contributed by atoms with Crippen LogP contribution < -0.4 is 4.74 Å². The van der Waals surface area contributed by atoms with Gasteiger partial charge >= 0.3 is 5.97 Å². The molecule has 0 heterocycles. The maximum absolute atomic E-state index is 12.2. The quantitative estimate of drug-likeness (QED) is 0.460. The number of aliphatic hydroxyl groups excluding tert-OH is 1. The first-order chi connectivity index (χ1) is 12.0. The van der Waals surface area contributed by atoms with Gasteiger partial charge in [-0.2, -0.15) is 0 Å². The maximum atomic E-state index is 12.2. The lowest BCUT2D eigenvalue weighted by molar-refractivity contribution is -0.147. The van der Waals surface area contributed by atoms with Crippen molar-refractivity contribution in [3.05, 3.63) is 42.0 Å². The molecular weight excluding hydrogens is 320 g/mol. The molecule has 0 amide bonds. The summed E-state index contributed by atoms with van der Waals surface area (Å²) in [4.78, 5) is 23.6. The van der Waals surface area contributed by atoms with Crippen molar-refractivity contribution >= 4 is 11.8 Å². The number of carbonyl (C=O) groups is 2. The summed E-state index contributed by atoms with van der Waals surface area (Å²) in [5, 5.41) is 8.84. The van der Waals surface area contributed by atoms with Crippen molar-refractivity contribution in [2.24, 2.45) is 0 Å². The Morgan fingerprint density at radius 1 is 1.28 bits per heavy atom. The monoisotopic (exact) mass is 348 g/mol. The second kappa shape index (κ2) is 11.4. The Morgan fingerprint density at radius 2 is 2.04 bits per heavy atom. The Hall–Kier alpha value is -2.14. The summed E-state index contributed by atoms with van der Waals surface area (Å²) in [6.45, 7) is 7.38. The van der Waals surface area contributed by atoms with Gasteiger partial charge in [-0.05, 0) is 42.5 Å². The molecule has 0 radical (unpaired) electrons. The van der Waals surface area contributed by atoms with Crippen LogP contribution in [-0.2, 0) is 14.3 Å². The zero-order chi connectivity index (χ0) is 18.7. The van der Waals surface area contributed by atoms with Gasteiger partial charge < -0.3 is 14.6 Å². The van der Waals surface area contributed by atoms with Crippen molar-refractivity contribution in [3.63, 3.8) is 0 Å². The minimum absolute atomic E-state index is 0.0123. The molecule has 0 aliphatic carbocycles. The predicted molar refractivity (Wildman–Crippen MR) is 96.4 cm³/mol. The summed E-state index contributed by atoms with van der Waals surface area (Å²) >= 11 is 0. The van der Waals surface area contributed by atoms with Gasteiger partial charge in [-0.1, -0.05) is 32.1 Å². The van der Waals surface area contributed by atoms with E-state index in [-0.39, 0.29) is 25.4 Å². The van der Waals surface area contributed by atoms with Crippen LogP contribution >= 0.6 is 0 Å². The molecule has 0 aromatic heterocycles. The van der Waals surface area contributed by atoms with Gasteiger partial charge in [-0.25, -0.2) is 0 Å². The molecule has 0 aliphatic rings. The van der Waals surface area contributed by atoms with Crippen LogP contribution in [0, 0.1) is 0 Å². The average Bonchev–Trinajstić information content (AvgIpc) is 2.60. The normalized spacial score (nSPS) is 11.6. The number of benzene rings is 1. The number of aliphatic hydroxyl groups is 1. The summed E-state index contributed by atoms with van der Waals surface area (Å²) < 4.78 is 10.8. The number of esters is 1. The van der Waals surface area contributed by atoms with Crippen LogP contribution in [0.25, 0.3) is 0 Å². The first kappa shape index (κ1) is 20.9. The number of carbonyl (C=O) groups excluding carboxylic acids is 2. The van der Waals surface area contributed by atoms with E-state index in [1.165, 1.54) is 6.92 Å². The van der Waals surface area contributed by atoms with Gasteiger partial charge in [-0.15, -0.1) is 0 Å². The molecular formula is C20H28O5. The molecule has 1 N–H and O–H groups in total. The van der Waals surface area contributed by atoms with E-state index in [1.807, 2.05) is 6.07 Å². The van der Waals surface area contributed by atoms with Gasteiger partial charge in [0.05, 0.1) is 6.61 Å². The Morgan fingerprint density at radius 3 is 2.68 bits per heavy atom. The summed E-state index contributed by atoms with van der Waals surface area (Å²) in [6, 6.07) is 7.15. The molecule has 5 nitrogen and oxygen atoms in total. The van der Waals surface area contributed by atoms with E-state index in [1.54, 1.807) is 18.2 Å². The number of allylic oxidation sites excluding steroid dienone is 1. The summed E-state index contributed by atoms with van der Waals surface area (Å²) in [6.07, 6.45) is 2.83. The van der Waals surface area contributed by atoms with Crippen molar-refractivity contribution in [3.8, 4) is 5.75 Å². The standard InChI is InChI=1S/C20H28O5/c1-4-5-7-15(2)19(23)10-11-20(25-16(3)22)17-8-6-9-18(14-17)24-13-12-21/h6,8-9,14,20-21H,2,4-5,7,10-13H2,1,3H3/t20-/m1/s1. The lowest BCUT2D eigenvalue weighted by atomic mass is 9.98. The fourth-order valence-corrected chi connectivity index (χ4v) is 2.43. The Bertz CT molecular complexity index is 579. The van der Waals surface area contributed by atoms with Crippen molar-refractivity contribution in [2.45, 2.75) is 52.1 Å². The number of hydrogen-bond acceptors (Lipinski definition) is 5. The molecule has 1 aromatic rings. The Balaban J connectivity index is 2.75. The van der Waals surface area contributed by atoms with E-state index in [0.717, 1.165) is 18.4 Å². The van der Waals surface area contributed by atoms with E-state index in [4.69, 9.17) is 14.6 Å². The number of hydrogen-bond donors (Lipinski definition) is 1. The predicted octanol–water partition coefficient (Wildman–Crippen LogP) is 3.76. The molecule has 1 rings (SSSR count). The topological polar surface area (TPSA) is 72.8 Å². The van der Waals surface area contributed by atoms with Crippen molar-refractivity contribution in [1.82, 2.24) is 0 Å². The smallest absolute Gasteiger partial charge is 0.303 e. The first-order valence-corrected chi connectivity index (χ1v) is 8.69.